The number of hydrogen-bond donors (Lipinski definition) is 1. The van der Waals surface area contributed by atoms with Crippen LogP contribution in [0.2, 0.25) is 10.0 Å². The number of carbonyl (C=O) groups excluding carboxylic acids is 3. The summed E-state index contributed by atoms with van der Waals surface area (Å²) in [5.74, 6) is -1.86. The average Bonchev–Trinajstić information content (AvgIpc) is 2.90. The van der Waals surface area contributed by atoms with Crippen molar-refractivity contribution in [1.82, 2.24) is 0 Å². The Balaban J connectivity index is 2.30. The zero-order valence-electron chi connectivity index (χ0n) is 23.6. The number of Topliss-reactive ketones (excluding diaryl/α,β-unsaturated/α-hetero) is 1. The number of rotatable bonds is 10. The van der Waals surface area contributed by atoms with Gasteiger partial charge in [0.2, 0.25) is 11.7 Å². The van der Waals surface area contributed by atoms with Crippen molar-refractivity contribution in [1.29, 1.82) is 0 Å². The minimum atomic E-state index is -2.44. The number of anilines is 3. The molecule has 1 unspecified atom stereocenters. The molecule has 212 valence electrons. The van der Waals surface area contributed by atoms with Crippen LogP contribution in [0.15, 0.2) is 72.8 Å². The first-order valence-electron chi connectivity index (χ1n) is 13.1. The Morgan fingerprint density at radius 1 is 0.850 bits per heavy atom. The van der Waals surface area contributed by atoms with Crippen LogP contribution >= 0.6 is 23.2 Å². The highest BCUT2D eigenvalue weighted by Gasteiger charge is 2.59. The summed E-state index contributed by atoms with van der Waals surface area (Å²) in [4.78, 5) is 45.5. The molecule has 0 saturated heterocycles. The number of hydrogen-bond acceptors (Lipinski definition) is 5. The number of nitrogens with one attached hydrogen (secondary N) is 1. The molecule has 40 heavy (non-hydrogen) atoms. The second-order valence-electron chi connectivity index (χ2n) is 10.3. The van der Waals surface area contributed by atoms with Crippen LogP contribution in [-0.2, 0) is 14.4 Å². The standard InChI is InChI=1S/C31H35Cl2N3O4/c1-7-35(8-2)23-15-17-24(18-16-23)36(21(3)37)31(28(38)30(4,5)6,40-25-12-10-9-11-13-25)29(39)34-27-19-14-22(32)20-26(27)33/h9-20H,7-8H2,1-6H3,(H,34,39). The minimum absolute atomic E-state index is 0.163. The molecule has 0 fully saturated rings. The van der Waals surface area contributed by atoms with E-state index in [2.05, 4.69) is 10.2 Å². The van der Waals surface area contributed by atoms with Gasteiger partial charge in [-0.3, -0.25) is 19.3 Å². The summed E-state index contributed by atoms with van der Waals surface area (Å²) >= 11 is 12.4. The van der Waals surface area contributed by atoms with Gasteiger partial charge in [-0.1, -0.05) is 62.2 Å². The molecule has 3 aromatic carbocycles. The lowest BCUT2D eigenvalue weighted by atomic mass is 9.82. The third-order valence-electron chi connectivity index (χ3n) is 6.35. The SMILES string of the molecule is CCN(CC)c1ccc(N(C(C)=O)C(Oc2ccccc2)(C(=O)Nc2ccc(Cl)cc2Cl)C(=O)C(C)(C)C)cc1. The molecule has 0 radical (unpaired) electrons. The smallest absolute Gasteiger partial charge is 0.329 e. The molecular formula is C31H35Cl2N3O4. The largest absolute Gasteiger partial charge is 0.452 e. The van der Waals surface area contributed by atoms with Gasteiger partial charge >= 0.3 is 5.72 Å². The topological polar surface area (TPSA) is 79.0 Å². The molecule has 2 amide bonds. The van der Waals surface area contributed by atoms with Crippen molar-refractivity contribution in [2.45, 2.75) is 47.3 Å². The summed E-state index contributed by atoms with van der Waals surface area (Å²) in [5.41, 5.74) is -2.09. The Morgan fingerprint density at radius 3 is 1.93 bits per heavy atom. The first-order valence-corrected chi connectivity index (χ1v) is 13.8. The first kappa shape index (κ1) is 31.0. The molecule has 0 aromatic heterocycles. The van der Waals surface area contributed by atoms with Crippen LogP contribution in [0, 0.1) is 5.41 Å². The predicted octanol–water partition coefficient (Wildman–Crippen LogP) is 7.22. The third-order valence-corrected chi connectivity index (χ3v) is 6.90. The number of halogens is 2. The van der Waals surface area contributed by atoms with Gasteiger partial charge in [0.05, 0.1) is 10.7 Å². The van der Waals surface area contributed by atoms with E-state index < -0.39 is 28.7 Å². The van der Waals surface area contributed by atoms with Crippen molar-refractivity contribution >= 4 is 57.9 Å². The molecule has 0 aliphatic carbocycles. The average molecular weight is 585 g/mol. The molecule has 7 nitrogen and oxygen atoms in total. The van der Waals surface area contributed by atoms with Crippen LogP contribution in [-0.4, -0.2) is 36.4 Å². The van der Waals surface area contributed by atoms with Gasteiger partial charge in [-0.2, -0.15) is 0 Å². The number of benzene rings is 3. The van der Waals surface area contributed by atoms with Crippen molar-refractivity contribution in [2.75, 3.05) is 28.2 Å². The fraction of sp³-hybridized carbons (Fsp3) is 0.323. The number of amides is 2. The zero-order valence-corrected chi connectivity index (χ0v) is 25.1. The molecule has 0 bridgehead atoms. The molecule has 1 N–H and O–H groups in total. The van der Waals surface area contributed by atoms with Crippen molar-refractivity contribution in [2.24, 2.45) is 5.41 Å². The van der Waals surface area contributed by atoms with E-state index in [4.69, 9.17) is 27.9 Å². The molecule has 0 saturated carbocycles. The Labute approximate surface area is 246 Å². The number of ether oxygens (including phenoxy) is 1. The van der Waals surface area contributed by atoms with Gasteiger partial charge in [-0.05, 0) is 68.4 Å². The highest BCUT2D eigenvalue weighted by molar-refractivity contribution is 6.37. The second kappa shape index (κ2) is 12.7. The Hall–Kier alpha value is -3.55. The van der Waals surface area contributed by atoms with E-state index in [1.807, 2.05) is 26.0 Å². The van der Waals surface area contributed by atoms with Gasteiger partial charge in [0.15, 0.2) is 0 Å². The van der Waals surface area contributed by atoms with Gasteiger partial charge in [0, 0.05) is 41.8 Å². The first-order chi connectivity index (χ1) is 18.8. The van der Waals surface area contributed by atoms with Crippen molar-refractivity contribution in [3.63, 3.8) is 0 Å². The maximum absolute atomic E-state index is 14.4. The minimum Gasteiger partial charge on any atom is -0.452 e. The van der Waals surface area contributed by atoms with E-state index in [1.54, 1.807) is 69.3 Å². The fourth-order valence-electron chi connectivity index (χ4n) is 4.40. The van der Waals surface area contributed by atoms with Crippen LogP contribution in [0.3, 0.4) is 0 Å². The highest BCUT2D eigenvalue weighted by atomic mass is 35.5. The number of carbonyl (C=O) groups is 3. The lowest BCUT2D eigenvalue weighted by Gasteiger charge is -2.43. The Bertz CT molecular complexity index is 1350. The van der Waals surface area contributed by atoms with Crippen LogP contribution in [0.4, 0.5) is 17.1 Å². The maximum atomic E-state index is 14.4. The van der Waals surface area contributed by atoms with E-state index in [9.17, 15) is 14.4 Å². The van der Waals surface area contributed by atoms with Crippen LogP contribution in [0.25, 0.3) is 0 Å². The van der Waals surface area contributed by atoms with E-state index in [0.717, 1.165) is 23.7 Å². The Morgan fingerprint density at radius 2 is 1.43 bits per heavy atom. The summed E-state index contributed by atoms with van der Waals surface area (Å²) in [6, 6.07) is 20.1. The number of para-hydroxylation sites is 1. The zero-order chi connectivity index (χ0) is 29.7. The maximum Gasteiger partial charge on any atom is 0.329 e. The molecule has 3 aromatic rings. The number of ketones is 1. The quantitative estimate of drug-likeness (QED) is 0.201. The normalized spacial score (nSPS) is 12.7. The van der Waals surface area contributed by atoms with Crippen molar-refractivity contribution in [3.8, 4) is 5.75 Å². The Kier molecular flexibility index (Phi) is 9.87. The summed E-state index contributed by atoms with van der Waals surface area (Å²) in [6.45, 7) is 12.0. The monoisotopic (exact) mass is 583 g/mol. The molecule has 9 heteroatoms. The van der Waals surface area contributed by atoms with Crippen LogP contribution in [0.1, 0.15) is 41.5 Å². The van der Waals surface area contributed by atoms with Crippen LogP contribution in [0.5, 0.6) is 5.75 Å². The molecule has 3 rings (SSSR count). The summed E-state index contributed by atoms with van der Waals surface area (Å²) in [5, 5.41) is 3.26. The molecular weight excluding hydrogens is 549 g/mol. The van der Waals surface area contributed by atoms with E-state index >= 15 is 0 Å². The second-order valence-corrected chi connectivity index (χ2v) is 11.1. The van der Waals surface area contributed by atoms with E-state index in [0.29, 0.717) is 10.7 Å². The molecule has 1 atom stereocenters. The molecule has 0 aliphatic rings. The van der Waals surface area contributed by atoms with Gasteiger partial charge in [-0.25, -0.2) is 0 Å². The third kappa shape index (κ3) is 6.60. The van der Waals surface area contributed by atoms with Crippen molar-refractivity contribution < 1.29 is 19.1 Å². The fourth-order valence-corrected chi connectivity index (χ4v) is 4.85. The highest BCUT2D eigenvalue weighted by Crippen LogP contribution is 2.37. The lowest BCUT2D eigenvalue weighted by Crippen LogP contribution is -2.70. The molecule has 0 spiro atoms. The van der Waals surface area contributed by atoms with Gasteiger partial charge in [-0.15, -0.1) is 0 Å². The van der Waals surface area contributed by atoms with Crippen LogP contribution < -0.4 is 19.9 Å². The summed E-state index contributed by atoms with van der Waals surface area (Å²) < 4.78 is 6.35. The van der Waals surface area contributed by atoms with Gasteiger partial charge in [0.25, 0.3) is 5.91 Å². The lowest BCUT2D eigenvalue weighted by molar-refractivity contribution is -0.154. The molecule has 0 heterocycles. The van der Waals surface area contributed by atoms with Gasteiger partial charge in [0.1, 0.15) is 5.75 Å². The summed E-state index contributed by atoms with van der Waals surface area (Å²) in [6.07, 6.45) is 0. The molecule has 0 aliphatic heterocycles. The van der Waals surface area contributed by atoms with Crippen molar-refractivity contribution in [3.05, 3.63) is 82.8 Å². The van der Waals surface area contributed by atoms with E-state index in [1.165, 1.54) is 19.1 Å². The van der Waals surface area contributed by atoms with Gasteiger partial charge < -0.3 is 15.0 Å². The summed E-state index contributed by atoms with van der Waals surface area (Å²) in [7, 11) is 0. The van der Waals surface area contributed by atoms with E-state index in [-0.39, 0.29) is 16.5 Å². The number of nitrogens with zero attached hydrogens (tertiary/aromatic N) is 2. The predicted molar refractivity (Wildman–Crippen MR) is 163 cm³/mol.